The lowest BCUT2D eigenvalue weighted by Crippen LogP contribution is -2.28. The van der Waals surface area contributed by atoms with Crippen LogP contribution in [0.25, 0.3) is 0 Å². The Labute approximate surface area is 279 Å². The molecule has 0 aliphatic carbocycles. The highest BCUT2D eigenvalue weighted by molar-refractivity contribution is 5.72. The molecule has 0 saturated carbocycles. The third-order valence-electron chi connectivity index (χ3n) is 7.57. The molecule has 3 aromatic rings. The van der Waals surface area contributed by atoms with E-state index in [-0.39, 0.29) is 17.9 Å². The van der Waals surface area contributed by atoms with Gasteiger partial charge in [-0.2, -0.15) is 20.5 Å². The lowest BCUT2D eigenvalue weighted by atomic mass is 10.1. The molecule has 0 aliphatic heterocycles. The summed E-state index contributed by atoms with van der Waals surface area (Å²) in [5.41, 5.74) is 3.95. The molecule has 0 amide bonds. The number of azo groups is 2. The molecule has 0 N–H and O–H groups in total. The second kappa shape index (κ2) is 21.2. The van der Waals surface area contributed by atoms with Gasteiger partial charge in [0.25, 0.3) is 0 Å². The number of hydrogen-bond acceptors (Lipinski definition) is 10. The fraction of sp³-hybridized carbons (Fsp3) is 0.459. The van der Waals surface area contributed by atoms with E-state index in [9.17, 15) is 9.59 Å². The van der Waals surface area contributed by atoms with Gasteiger partial charge in [0.2, 0.25) is 0 Å². The molecular weight excluding hydrogens is 594 g/mol. The molecule has 0 aromatic heterocycles. The summed E-state index contributed by atoms with van der Waals surface area (Å²) in [4.78, 5) is 25.2. The Morgan fingerprint density at radius 1 is 0.638 bits per heavy atom. The van der Waals surface area contributed by atoms with Crippen LogP contribution in [0.4, 0.5) is 28.4 Å². The Balaban J connectivity index is 1.37. The number of esters is 2. The molecule has 0 aliphatic rings. The van der Waals surface area contributed by atoms with Gasteiger partial charge in [-0.15, -0.1) is 0 Å². The van der Waals surface area contributed by atoms with Crippen molar-refractivity contribution in [2.24, 2.45) is 26.4 Å². The second-order valence-electron chi connectivity index (χ2n) is 11.2. The summed E-state index contributed by atoms with van der Waals surface area (Å²) in [7, 11) is 0. The number of benzene rings is 3. The summed E-state index contributed by atoms with van der Waals surface area (Å²) in [5.74, 6) is 0.458. The Kier molecular flexibility index (Phi) is 16.7. The molecule has 1 atom stereocenters. The third-order valence-corrected chi connectivity index (χ3v) is 7.57. The average Bonchev–Trinajstić information content (AvgIpc) is 3.11. The van der Waals surface area contributed by atoms with Crippen LogP contribution in [0.15, 0.2) is 93.3 Å². The average molecular weight is 644 g/mol. The SMILES string of the molecule is CCC(=O)OCCCCCCCOc1ccc(N=Nc2ccc(N=Nc3ccc(N(CC)CCOC(=O)C(C)CC)cc3)cc2)cc1. The lowest BCUT2D eigenvalue weighted by molar-refractivity contribution is -0.147. The van der Waals surface area contributed by atoms with E-state index >= 15 is 0 Å². The lowest BCUT2D eigenvalue weighted by Gasteiger charge is -2.23. The predicted octanol–water partition coefficient (Wildman–Crippen LogP) is 10.2. The van der Waals surface area contributed by atoms with Crippen LogP contribution in [0.5, 0.6) is 5.75 Å². The van der Waals surface area contributed by atoms with E-state index in [1.807, 2.05) is 86.6 Å². The number of rotatable bonds is 21. The van der Waals surface area contributed by atoms with Gasteiger partial charge in [0.15, 0.2) is 0 Å². The Morgan fingerprint density at radius 3 is 1.64 bits per heavy atom. The zero-order valence-electron chi connectivity index (χ0n) is 28.3. The largest absolute Gasteiger partial charge is 0.494 e. The monoisotopic (exact) mass is 643 g/mol. The molecule has 3 rings (SSSR count). The Hall–Kier alpha value is -4.60. The fourth-order valence-electron chi connectivity index (χ4n) is 4.40. The maximum atomic E-state index is 11.9. The van der Waals surface area contributed by atoms with Crippen molar-refractivity contribution in [3.05, 3.63) is 72.8 Å². The summed E-state index contributed by atoms with van der Waals surface area (Å²) in [5, 5.41) is 17.4. The zero-order chi connectivity index (χ0) is 33.7. The molecule has 0 fully saturated rings. The minimum Gasteiger partial charge on any atom is -0.494 e. The smallest absolute Gasteiger partial charge is 0.308 e. The van der Waals surface area contributed by atoms with Crippen LogP contribution >= 0.6 is 0 Å². The number of unbranched alkanes of at least 4 members (excludes halogenated alkanes) is 4. The maximum Gasteiger partial charge on any atom is 0.308 e. The van der Waals surface area contributed by atoms with Crippen LogP contribution in [-0.2, 0) is 19.1 Å². The Bertz CT molecular complexity index is 1390. The van der Waals surface area contributed by atoms with Crippen molar-refractivity contribution in [1.29, 1.82) is 0 Å². The number of carbonyl (C=O) groups is 2. The first kappa shape index (κ1) is 36.9. The summed E-state index contributed by atoms with van der Waals surface area (Å²) >= 11 is 0. The first-order chi connectivity index (χ1) is 22.9. The molecule has 0 spiro atoms. The van der Waals surface area contributed by atoms with Crippen molar-refractivity contribution in [1.82, 2.24) is 0 Å². The molecule has 3 aromatic carbocycles. The summed E-state index contributed by atoms with van der Waals surface area (Å²) in [6, 6.07) is 22.8. The number of anilines is 1. The van der Waals surface area contributed by atoms with E-state index < -0.39 is 0 Å². The molecule has 0 bridgehead atoms. The van der Waals surface area contributed by atoms with Gasteiger partial charge in [-0.25, -0.2) is 0 Å². The van der Waals surface area contributed by atoms with Crippen LogP contribution in [0.2, 0.25) is 0 Å². The first-order valence-corrected chi connectivity index (χ1v) is 16.8. The van der Waals surface area contributed by atoms with E-state index in [4.69, 9.17) is 14.2 Å². The van der Waals surface area contributed by atoms with E-state index in [2.05, 4.69) is 32.3 Å². The normalized spacial score (nSPS) is 11.9. The first-order valence-electron chi connectivity index (χ1n) is 16.8. The van der Waals surface area contributed by atoms with Gasteiger partial charge >= 0.3 is 11.9 Å². The second-order valence-corrected chi connectivity index (χ2v) is 11.2. The quantitative estimate of drug-likeness (QED) is 0.0648. The van der Waals surface area contributed by atoms with Crippen molar-refractivity contribution < 1.29 is 23.8 Å². The highest BCUT2D eigenvalue weighted by atomic mass is 16.5. The standard InChI is InChI=1S/C37H49N5O5/c1-5-29(4)37(44)47-28-25-42(7-3)34-21-17-32(18-22-34)40-38-30-13-15-31(16-14-30)39-41-33-19-23-35(24-20-33)45-26-11-9-8-10-12-27-46-36(43)6-2/h13-24,29H,5-12,25-28H2,1-4H3. The van der Waals surface area contributed by atoms with Gasteiger partial charge in [0.1, 0.15) is 12.4 Å². The third kappa shape index (κ3) is 14.1. The topological polar surface area (TPSA) is 115 Å². The fourth-order valence-corrected chi connectivity index (χ4v) is 4.40. The van der Waals surface area contributed by atoms with Crippen molar-refractivity contribution in [3.8, 4) is 5.75 Å². The number of nitrogens with zero attached hydrogens (tertiary/aromatic N) is 5. The molecule has 47 heavy (non-hydrogen) atoms. The van der Waals surface area contributed by atoms with Crippen LogP contribution in [0.1, 0.15) is 72.6 Å². The zero-order valence-corrected chi connectivity index (χ0v) is 28.3. The van der Waals surface area contributed by atoms with E-state index in [0.717, 1.165) is 67.9 Å². The number of hydrogen-bond donors (Lipinski definition) is 0. The van der Waals surface area contributed by atoms with Crippen LogP contribution < -0.4 is 9.64 Å². The number of carbonyl (C=O) groups excluding carboxylic acids is 2. The Morgan fingerprint density at radius 2 is 1.13 bits per heavy atom. The maximum absolute atomic E-state index is 11.9. The summed E-state index contributed by atoms with van der Waals surface area (Å²) in [6.45, 7) is 10.7. The molecule has 0 heterocycles. The van der Waals surface area contributed by atoms with E-state index in [1.54, 1.807) is 6.92 Å². The van der Waals surface area contributed by atoms with Gasteiger partial charge in [-0.3, -0.25) is 9.59 Å². The molecule has 10 nitrogen and oxygen atoms in total. The van der Waals surface area contributed by atoms with Crippen LogP contribution in [-0.4, -0.2) is 44.8 Å². The van der Waals surface area contributed by atoms with Crippen molar-refractivity contribution in [3.63, 3.8) is 0 Å². The predicted molar refractivity (Wildman–Crippen MR) is 186 cm³/mol. The minimum absolute atomic E-state index is 0.0741. The van der Waals surface area contributed by atoms with Crippen molar-refractivity contribution in [2.75, 3.05) is 37.8 Å². The summed E-state index contributed by atoms with van der Waals surface area (Å²) < 4.78 is 16.3. The minimum atomic E-state index is -0.146. The van der Waals surface area contributed by atoms with Gasteiger partial charge in [0, 0.05) is 18.7 Å². The molecule has 10 heteroatoms. The highest BCUT2D eigenvalue weighted by Gasteiger charge is 2.12. The molecule has 0 radical (unpaired) electrons. The van der Waals surface area contributed by atoms with E-state index in [1.165, 1.54) is 0 Å². The van der Waals surface area contributed by atoms with Gasteiger partial charge < -0.3 is 19.1 Å². The number of likely N-dealkylation sites (N-methyl/N-ethyl adjacent to an activating group) is 1. The van der Waals surface area contributed by atoms with Crippen LogP contribution in [0.3, 0.4) is 0 Å². The molecule has 1 unspecified atom stereocenters. The van der Waals surface area contributed by atoms with Crippen molar-refractivity contribution in [2.45, 2.75) is 72.6 Å². The molecule has 0 saturated heterocycles. The van der Waals surface area contributed by atoms with Gasteiger partial charge in [0.05, 0.1) is 48.4 Å². The van der Waals surface area contributed by atoms with Gasteiger partial charge in [-0.1, -0.05) is 40.0 Å². The molecule has 252 valence electrons. The van der Waals surface area contributed by atoms with Gasteiger partial charge in [-0.05, 0) is 99.0 Å². The summed E-state index contributed by atoms with van der Waals surface area (Å²) in [6.07, 6.45) is 6.34. The van der Waals surface area contributed by atoms with Crippen LogP contribution in [0, 0.1) is 5.92 Å². The highest BCUT2D eigenvalue weighted by Crippen LogP contribution is 2.26. The van der Waals surface area contributed by atoms with Crippen molar-refractivity contribution >= 4 is 40.4 Å². The molecular formula is C37H49N5O5. The number of ether oxygens (including phenoxy) is 3. The van der Waals surface area contributed by atoms with E-state index in [0.29, 0.717) is 44.2 Å².